The monoisotopic (exact) mass is 372 g/mol. The lowest BCUT2D eigenvalue weighted by Crippen LogP contribution is -2.44. The summed E-state index contributed by atoms with van der Waals surface area (Å²) in [4.78, 5) is 23.5. The molecule has 0 saturated heterocycles. The summed E-state index contributed by atoms with van der Waals surface area (Å²) in [6.07, 6.45) is 1.53. The summed E-state index contributed by atoms with van der Waals surface area (Å²) in [6.45, 7) is -0.650. The van der Waals surface area contributed by atoms with E-state index in [1.807, 2.05) is 0 Å². The summed E-state index contributed by atoms with van der Waals surface area (Å²) in [6, 6.07) is 2.51. The van der Waals surface area contributed by atoms with Gasteiger partial charge in [-0.3, -0.25) is 4.79 Å². The summed E-state index contributed by atoms with van der Waals surface area (Å²) < 4.78 is 36.9. The van der Waals surface area contributed by atoms with E-state index in [2.05, 4.69) is 14.8 Å². The summed E-state index contributed by atoms with van der Waals surface area (Å²) >= 11 is 0. The Morgan fingerprint density at radius 1 is 1.32 bits per heavy atom. The van der Waals surface area contributed by atoms with Gasteiger partial charge < -0.3 is 19.9 Å². The second-order valence-corrected chi connectivity index (χ2v) is 7.18. The van der Waals surface area contributed by atoms with Crippen molar-refractivity contribution >= 4 is 21.9 Å². The number of esters is 1. The van der Waals surface area contributed by atoms with Crippen LogP contribution in [0.15, 0.2) is 23.1 Å². The minimum absolute atomic E-state index is 0.000625. The fourth-order valence-corrected chi connectivity index (χ4v) is 3.57. The predicted octanol–water partition coefficient (Wildman–Crippen LogP) is -0.600. The van der Waals surface area contributed by atoms with Gasteiger partial charge in [-0.2, -0.15) is 0 Å². The van der Waals surface area contributed by atoms with Crippen molar-refractivity contribution in [2.45, 2.75) is 29.8 Å². The first-order valence-corrected chi connectivity index (χ1v) is 9.00. The third kappa shape index (κ3) is 4.68. The van der Waals surface area contributed by atoms with E-state index < -0.39 is 34.5 Å². The maximum Gasteiger partial charge on any atom is 0.330 e. The third-order valence-corrected chi connectivity index (χ3v) is 5.13. The van der Waals surface area contributed by atoms with Gasteiger partial charge >= 0.3 is 5.97 Å². The minimum atomic E-state index is -3.85. The van der Waals surface area contributed by atoms with Gasteiger partial charge in [-0.15, -0.1) is 0 Å². The number of benzene rings is 1. The van der Waals surface area contributed by atoms with Gasteiger partial charge in [0.05, 0.1) is 20.8 Å². The van der Waals surface area contributed by atoms with E-state index in [-0.39, 0.29) is 22.3 Å². The van der Waals surface area contributed by atoms with Crippen LogP contribution in [0.3, 0.4) is 0 Å². The molecule has 138 valence electrons. The number of rotatable bonds is 8. The number of aliphatic hydroxyl groups excluding tert-OH is 1. The van der Waals surface area contributed by atoms with Crippen LogP contribution in [0.2, 0.25) is 0 Å². The summed E-state index contributed by atoms with van der Waals surface area (Å²) in [7, 11) is -1.40. The van der Waals surface area contributed by atoms with E-state index in [4.69, 9.17) is 9.84 Å². The van der Waals surface area contributed by atoms with E-state index in [0.717, 1.165) is 26.0 Å². The molecule has 1 aliphatic rings. The van der Waals surface area contributed by atoms with Gasteiger partial charge in [0.15, 0.2) is 6.04 Å². The first kappa shape index (κ1) is 19.2. The molecule has 0 unspecified atom stereocenters. The Hall–Kier alpha value is -2.17. The van der Waals surface area contributed by atoms with Crippen LogP contribution < -0.4 is 14.8 Å². The number of ether oxygens (including phenoxy) is 2. The minimum Gasteiger partial charge on any atom is -0.495 e. The van der Waals surface area contributed by atoms with Crippen LogP contribution in [0.25, 0.3) is 0 Å². The van der Waals surface area contributed by atoms with Crippen molar-refractivity contribution < 1.29 is 32.6 Å². The first-order valence-electron chi connectivity index (χ1n) is 7.52. The normalized spacial score (nSPS) is 15.3. The number of nitrogens with one attached hydrogen (secondary N) is 2. The number of carbonyl (C=O) groups excluding carboxylic acids is 2. The molecule has 1 saturated carbocycles. The molecule has 9 nitrogen and oxygen atoms in total. The molecule has 1 atom stereocenters. The number of aliphatic hydroxyl groups is 1. The van der Waals surface area contributed by atoms with Crippen LogP contribution in [-0.2, 0) is 19.6 Å². The number of amides is 1. The predicted molar refractivity (Wildman–Crippen MR) is 86.7 cm³/mol. The van der Waals surface area contributed by atoms with Crippen LogP contribution in [0, 0.1) is 0 Å². The van der Waals surface area contributed by atoms with Crippen LogP contribution in [0.1, 0.15) is 23.2 Å². The Bertz CT molecular complexity index is 759. The maximum absolute atomic E-state index is 12.4. The molecule has 0 aliphatic heterocycles. The SMILES string of the molecule is COC(=O)[C@H](CO)NC(=O)c1ccc(OC)c(S(=O)(=O)NC2CC2)c1. The Labute approximate surface area is 145 Å². The molecule has 1 aromatic rings. The van der Waals surface area contributed by atoms with Crippen LogP contribution in [0.5, 0.6) is 5.75 Å². The van der Waals surface area contributed by atoms with E-state index >= 15 is 0 Å². The van der Waals surface area contributed by atoms with E-state index in [9.17, 15) is 18.0 Å². The first-order chi connectivity index (χ1) is 11.8. The number of carbonyl (C=O) groups is 2. The molecule has 0 bridgehead atoms. The van der Waals surface area contributed by atoms with Crippen molar-refractivity contribution in [1.82, 2.24) is 10.0 Å². The van der Waals surface area contributed by atoms with E-state index in [1.165, 1.54) is 19.2 Å². The molecule has 10 heteroatoms. The molecule has 1 aliphatic carbocycles. The Kier molecular flexibility index (Phi) is 5.98. The van der Waals surface area contributed by atoms with Crippen LogP contribution >= 0.6 is 0 Å². The molecule has 0 heterocycles. The molecule has 1 fully saturated rings. The van der Waals surface area contributed by atoms with Crippen molar-refractivity contribution in [1.29, 1.82) is 0 Å². The second kappa shape index (κ2) is 7.81. The van der Waals surface area contributed by atoms with Crippen molar-refractivity contribution in [3.63, 3.8) is 0 Å². The fraction of sp³-hybridized carbons (Fsp3) is 0.467. The highest BCUT2D eigenvalue weighted by atomic mass is 32.2. The molecule has 0 aromatic heterocycles. The molecule has 25 heavy (non-hydrogen) atoms. The molecule has 3 N–H and O–H groups in total. The van der Waals surface area contributed by atoms with Gasteiger partial charge in [-0.1, -0.05) is 0 Å². The van der Waals surface area contributed by atoms with Gasteiger partial charge in [0.25, 0.3) is 5.91 Å². The second-order valence-electron chi connectivity index (χ2n) is 5.49. The zero-order chi connectivity index (χ0) is 18.6. The number of hydrogen-bond acceptors (Lipinski definition) is 7. The smallest absolute Gasteiger partial charge is 0.330 e. The largest absolute Gasteiger partial charge is 0.495 e. The van der Waals surface area contributed by atoms with Gasteiger partial charge in [-0.05, 0) is 31.0 Å². The summed E-state index contributed by atoms with van der Waals surface area (Å²) in [5.41, 5.74) is -0.000625. The lowest BCUT2D eigenvalue weighted by molar-refractivity contribution is -0.143. The maximum atomic E-state index is 12.4. The molecule has 2 rings (SSSR count). The van der Waals surface area contributed by atoms with Crippen LogP contribution in [0.4, 0.5) is 0 Å². The van der Waals surface area contributed by atoms with Crippen molar-refractivity contribution in [3.05, 3.63) is 23.8 Å². The summed E-state index contributed by atoms with van der Waals surface area (Å²) in [5, 5.41) is 11.4. The van der Waals surface area contributed by atoms with Gasteiger partial charge in [0.2, 0.25) is 10.0 Å². The van der Waals surface area contributed by atoms with Crippen molar-refractivity contribution in [3.8, 4) is 5.75 Å². The number of sulfonamides is 1. The van der Waals surface area contributed by atoms with Gasteiger partial charge in [0, 0.05) is 11.6 Å². The van der Waals surface area contributed by atoms with Gasteiger partial charge in [0.1, 0.15) is 10.6 Å². The molecule has 1 aromatic carbocycles. The Morgan fingerprint density at radius 2 is 2.00 bits per heavy atom. The lowest BCUT2D eigenvalue weighted by atomic mass is 10.2. The number of hydrogen-bond donors (Lipinski definition) is 3. The molecular weight excluding hydrogens is 352 g/mol. The Morgan fingerprint density at radius 3 is 2.52 bits per heavy atom. The highest BCUT2D eigenvalue weighted by molar-refractivity contribution is 7.89. The fourth-order valence-electron chi connectivity index (χ4n) is 2.07. The molecular formula is C15H20N2O7S. The number of methoxy groups -OCH3 is 2. The Balaban J connectivity index is 2.28. The van der Waals surface area contributed by atoms with Crippen molar-refractivity contribution in [2.75, 3.05) is 20.8 Å². The van der Waals surface area contributed by atoms with E-state index in [1.54, 1.807) is 0 Å². The highest BCUT2D eigenvalue weighted by Crippen LogP contribution is 2.28. The van der Waals surface area contributed by atoms with Crippen molar-refractivity contribution in [2.24, 2.45) is 0 Å². The van der Waals surface area contributed by atoms with E-state index in [0.29, 0.717) is 0 Å². The highest BCUT2D eigenvalue weighted by Gasteiger charge is 2.30. The zero-order valence-corrected chi connectivity index (χ0v) is 14.6. The average molecular weight is 372 g/mol. The zero-order valence-electron chi connectivity index (χ0n) is 13.8. The average Bonchev–Trinajstić information content (AvgIpc) is 3.41. The third-order valence-electron chi connectivity index (χ3n) is 3.59. The lowest BCUT2D eigenvalue weighted by Gasteiger charge is -2.15. The van der Waals surface area contributed by atoms with Crippen LogP contribution in [-0.4, -0.2) is 58.3 Å². The topological polar surface area (TPSA) is 131 Å². The molecule has 1 amide bonds. The summed E-state index contributed by atoms with van der Waals surface area (Å²) in [5.74, 6) is -1.45. The quantitative estimate of drug-likeness (QED) is 0.519. The molecule has 0 spiro atoms. The van der Waals surface area contributed by atoms with Gasteiger partial charge in [-0.25, -0.2) is 17.9 Å². The standard InChI is InChI=1S/C15H20N2O7S/c1-23-12-6-3-9(14(19)16-11(8-18)15(20)24-2)7-13(12)25(21,22)17-10-4-5-10/h3,6-7,10-11,17-18H,4-5,8H2,1-2H3,(H,16,19)/t11-/m0/s1. The molecule has 0 radical (unpaired) electrons.